The summed E-state index contributed by atoms with van der Waals surface area (Å²) in [6, 6.07) is 37.2. The number of carboxylic acids is 2. The number of carbonyl (C=O) groups is 2. The van der Waals surface area contributed by atoms with E-state index in [9.17, 15) is 18.0 Å². The van der Waals surface area contributed by atoms with Gasteiger partial charge in [0, 0.05) is 6.54 Å². The lowest BCUT2D eigenvalue weighted by molar-refractivity contribution is -0.192. The van der Waals surface area contributed by atoms with Gasteiger partial charge in [-0.05, 0) is 78.7 Å². The van der Waals surface area contributed by atoms with Crippen molar-refractivity contribution in [2.45, 2.75) is 38.4 Å². The van der Waals surface area contributed by atoms with E-state index in [1.807, 2.05) is 12.1 Å². The zero-order valence-corrected chi connectivity index (χ0v) is 23.1. The molecular weight excluding hydrogens is 543 g/mol. The van der Waals surface area contributed by atoms with Crippen LogP contribution >= 0.6 is 0 Å². The van der Waals surface area contributed by atoms with E-state index in [2.05, 4.69) is 89.8 Å². The highest BCUT2D eigenvalue weighted by Gasteiger charge is 2.38. The number of benzene rings is 4. The smallest absolute Gasteiger partial charge is 0.478 e. The van der Waals surface area contributed by atoms with E-state index < -0.39 is 18.1 Å². The van der Waals surface area contributed by atoms with E-state index in [4.69, 9.17) is 15.0 Å². The van der Waals surface area contributed by atoms with Crippen LogP contribution in [0.4, 0.5) is 13.2 Å². The fourth-order valence-corrected chi connectivity index (χ4v) is 4.44. The molecule has 4 aromatic carbocycles. The van der Waals surface area contributed by atoms with Crippen molar-refractivity contribution in [1.82, 2.24) is 4.90 Å². The Morgan fingerprint density at radius 3 is 1.38 bits per heavy atom. The minimum atomic E-state index is -5.08. The van der Waals surface area contributed by atoms with E-state index in [-0.39, 0.29) is 0 Å². The zero-order valence-electron chi connectivity index (χ0n) is 23.1. The predicted octanol–water partition coefficient (Wildman–Crippen LogP) is 7.75. The van der Waals surface area contributed by atoms with Crippen molar-refractivity contribution in [3.63, 3.8) is 0 Å². The van der Waals surface area contributed by atoms with Crippen molar-refractivity contribution in [3.05, 3.63) is 131 Å². The maximum atomic E-state index is 11.1. The second kappa shape index (κ2) is 16.1. The Morgan fingerprint density at radius 2 is 1.00 bits per heavy atom. The van der Waals surface area contributed by atoms with Crippen molar-refractivity contribution in [2.75, 3.05) is 13.1 Å². The Kier molecular flexibility index (Phi) is 12.3. The number of nitrogens with zero attached hydrogens (tertiary/aromatic N) is 1. The van der Waals surface area contributed by atoms with Crippen LogP contribution in [0.2, 0.25) is 0 Å². The first-order valence-electron chi connectivity index (χ1n) is 13.6. The molecule has 42 heavy (non-hydrogen) atoms. The van der Waals surface area contributed by atoms with Gasteiger partial charge in [0.25, 0.3) is 0 Å². The number of aliphatic carboxylic acids is 1. The average Bonchev–Trinajstić information content (AvgIpc) is 2.98. The fraction of sp³-hybridized carbons (Fsp3) is 0.235. The minimum absolute atomic E-state index is 0.312. The third-order valence-electron chi connectivity index (χ3n) is 6.63. The molecule has 0 saturated carbocycles. The molecule has 0 amide bonds. The minimum Gasteiger partial charge on any atom is -0.478 e. The summed E-state index contributed by atoms with van der Waals surface area (Å²) in [5.41, 5.74) is 6.54. The van der Waals surface area contributed by atoms with Gasteiger partial charge >= 0.3 is 18.1 Å². The van der Waals surface area contributed by atoms with Crippen molar-refractivity contribution < 1.29 is 33.0 Å². The van der Waals surface area contributed by atoms with Crippen LogP contribution in [-0.2, 0) is 24.2 Å². The third-order valence-corrected chi connectivity index (χ3v) is 6.63. The van der Waals surface area contributed by atoms with Gasteiger partial charge in [-0.2, -0.15) is 13.2 Å². The summed E-state index contributed by atoms with van der Waals surface area (Å²) in [5, 5.41) is 16.2. The average molecular weight is 578 g/mol. The summed E-state index contributed by atoms with van der Waals surface area (Å²) in [7, 11) is 0. The van der Waals surface area contributed by atoms with Crippen LogP contribution in [0.25, 0.3) is 11.1 Å². The van der Waals surface area contributed by atoms with Gasteiger partial charge in [0.2, 0.25) is 0 Å². The molecule has 4 rings (SSSR count). The Labute approximate surface area is 243 Å². The number of aromatic carboxylic acids is 1. The van der Waals surface area contributed by atoms with Crippen molar-refractivity contribution in [2.24, 2.45) is 0 Å². The third kappa shape index (κ3) is 11.2. The van der Waals surface area contributed by atoms with E-state index in [1.165, 1.54) is 16.7 Å². The monoisotopic (exact) mass is 577 g/mol. The molecule has 8 heteroatoms. The van der Waals surface area contributed by atoms with Crippen molar-refractivity contribution in [3.8, 4) is 11.1 Å². The summed E-state index contributed by atoms with van der Waals surface area (Å²) in [4.78, 5) is 22.6. The lowest BCUT2D eigenvalue weighted by atomic mass is 10.0. The van der Waals surface area contributed by atoms with Crippen LogP contribution in [0.15, 0.2) is 109 Å². The standard InChI is InChI=1S/C32H33NO2.C2HF3O2/c34-32(35)31-21-19-30(20-22-31)29-17-15-28(16-18-29)25-33(23-7-13-26-9-3-1-4-10-26)24-8-14-27-11-5-2-6-12-27;3-2(4,5)1(6)7/h1-6,9-12,15-22H,7-8,13-14,23-25H2,(H,34,35);(H,6,7). The lowest BCUT2D eigenvalue weighted by Crippen LogP contribution is -2.26. The van der Waals surface area contributed by atoms with Crippen LogP contribution < -0.4 is 0 Å². The molecule has 0 aromatic heterocycles. The molecule has 0 spiro atoms. The number of carboxylic acid groups (broad SMARTS) is 2. The summed E-state index contributed by atoms with van der Waals surface area (Å²) < 4.78 is 31.7. The Bertz CT molecular complexity index is 1330. The fourth-order valence-electron chi connectivity index (χ4n) is 4.44. The second-order valence-corrected chi connectivity index (χ2v) is 9.84. The molecule has 0 atom stereocenters. The van der Waals surface area contributed by atoms with Crippen LogP contribution in [0.3, 0.4) is 0 Å². The molecule has 0 saturated heterocycles. The van der Waals surface area contributed by atoms with Gasteiger partial charge in [-0.25, -0.2) is 9.59 Å². The highest BCUT2D eigenvalue weighted by atomic mass is 19.4. The zero-order chi connectivity index (χ0) is 30.4. The Balaban J connectivity index is 0.000000616. The molecule has 0 aliphatic carbocycles. The van der Waals surface area contributed by atoms with Crippen LogP contribution in [0.5, 0.6) is 0 Å². The van der Waals surface area contributed by atoms with Crippen LogP contribution in [-0.4, -0.2) is 46.3 Å². The first kappa shape index (κ1) is 32.1. The molecule has 0 aliphatic rings. The topological polar surface area (TPSA) is 77.8 Å². The quantitative estimate of drug-likeness (QED) is 0.180. The normalized spacial score (nSPS) is 11.0. The Morgan fingerprint density at radius 1 is 0.595 bits per heavy atom. The number of aryl methyl sites for hydroxylation is 2. The maximum Gasteiger partial charge on any atom is 0.490 e. The first-order valence-corrected chi connectivity index (χ1v) is 13.6. The van der Waals surface area contributed by atoms with Gasteiger partial charge in [-0.1, -0.05) is 97.1 Å². The molecular formula is C34H34F3NO4. The molecule has 0 aliphatic heterocycles. The predicted molar refractivity (Wildman–Crippen MR) is 157 cm³/mol. The maximum absolute atomic E-state index is 11.1. The summed E-state index contributed by atoms with van der Waals surface area (Å²) >= 11 is 0. The molecule has 0 unspecified atom stereocenters. The molecule has 0 heterocycles. The van der Waals surface area contributed by atoms with Gasteiger partial charge in [0.05, 0.1) is 5.56 Å². The van der Waals surface area contributed by atoms with Crippen LogP contribution in [0, 0.1) is 0 Å². The van der Waals surface area contributed by atoms with Gasteiger partial charge in [-0.3, -0.25) is 4.90 Å². The molecule has 4 aromatic rings. The first-order chi connectivity index (χ1) is 20.1. The molecule has 220 valence electrons. The van der Waals surface area contributed by atoms with Gasteiger partial charge in [0.15, 0.2) is 0 Å². The molecule has 0 radical (unpaired) electrons. The van der Waals surface area contributed by atoms with E-state index >= 15 is 0 Å². The van der Waals surface area contributed by atoms with Crippen molar-refractivity contribution in [1.29, 1.82) is 0 Å². The van der Waals surface area contributed by atoms with E-state index in [0.29, 0.717) is 5.56 Å². The number of hydrogen-bond acceptors (Lipinski definition) is 3. The highest BCUT2D eigenvalue weighted by Crippen LogP contribution is 2.21. The summed E-state index contributed by atoms with van der Waals surface area (Å²) in [6.07, 6.45) is -0.602. The second-order valence-electron chi connectivity index (χ2n) is 9.84. The molecule has 0 bridgehead atoms. The Hall–Kier alpha value is -4.43. The number of alkyl halides is 3. The number of halogens is 3. The van der Waals surface area contributed by atoms with E-state index in [1.54, 1.807) is 12.1 Å². The molecule has 5 nitrogen and oxygen atoms in total. The molecule has 0 fully saturated rings. The largest absolute Gasteiger partial charge is 0.490 e. The van der Waals surface area contributed by atoms with E-state index in [0.717, 1.165) is 56.4 Å². The van der Waals surface area contributed by atoms with Gasteiger partial charge in [0.1, 0.15) is 0 Å². The molecule has 2 N–H and O–H groups in total. The lowest BCUT2D eigenvalue weighted by Gasteiger charge is -2.23. The summed E-state index contributed by atoms with van der Waals surface area (Å²) in [5.74, 6) is -3.65. The van der Waals surface area contributed by atoms with Crippen molar-refractivity contribution >= 4 is 11.9 Å². The number of rotatable bonds is 12. The SMILES string of the molecule is O=C(O)C(F)(F)F.O=C(O)c1ccc(-c2ccc(CN(CCCc3ccccc3)CCCc3ccccc3)cc2)cc1. The van der Waals surface area contributed by atoms with Gasteiger partial charge < -0.3 is 10.2 Å². The summed E-state index contributed by atoms with van der Waals surface area (Å²) in [6.45, 7) is 3.08. The van der Waals surface area contributed by atoms with Crippen LogP contribution in [0.1, 0.15) is 39.9 Å². The highest BCUT2D eigenvalue weighted by molar-refractivity contribution is 5.88. The van der Waals surface area contributed by atoms with Gasteiger partial charge in [-0.15, -0.1) is 0 Å². The number of hydrogen-bond donors (Lipinski definition) is 2.